The fourth-order valence-corrected chi connectivity index (χ4v) is 2.30. The van der Waals surface area contributed by atoms with Gasteiger partial charge in [-0.25, -0.2) is 4.98 Å². The van der Waals surface area contributed by atoms with E-state index in [0.29, 0.717) is 28.8 Å². The summed E-state index contributed by atoms with van der Waals surface area (Å²) in [5.74, 6) is 1.07. The third-order valence-corrected chi connectivity index (χ3v) is 4.10. The first-order valence-electron chi connectivity index (χ1n) is 6.24. The number of nitrogens with zero attached hydrogens (tertiary/aromatic N) is 1. The second-order valence-electron chi connectivity index (χ2n) is 4.45. The van der Waals surface area contributed by atoms with Gasteiger partial charge in [0.25, 0.3) is 5.91 Å². The van der Waals surface area contributed by atoms with Crippen molar-refractivity contribution in [2.75, 3.05) is 18.1 Å². The molecule has 106 valence electrons. The molecule has 0 aliphatic carbocycles. The van der Waals surface area contributed by atoms with Crippen LogP contribution < -0.4 is 5.32 Å². The number of aromatic nitrogens is 1. The third-order valence-electron chi connectivity index (χ3n) is 2.60. The highest BCUT2D eigenvalue weighted by Gasteiger charge is 2.11. The number of hydrogen-bond acceptors (Lipinski definition) is 3. The lowest BCUT2D eigenvalue weighted by Gasteiger charge is -2.09. The van der Waals surface area contributed by atoms with Crippen molar-refractivity contribution in [3.63, 3.8) is 0 Å². The average Bonchev–Trinajstić information content (AvgIpc) is 2.37. The first-order chi connectivity index (χ1) is 8.93. The summed E-state index contributed by atoms with van der Waals surface area (Å²) in [6, 6.07) is 3.28. The lowest BCUT2D eigenvalue weighted by atomic mass is 10.1. The van der Waals surface area contributed by atoms with E-state index in [0.717, 1.165) is 5.69 Å². The molecule has 0 aromatic carbocycles. The van der Waals surface area contributed by atoms with E-state index < -0.39 is 10.8 Å². The Bertz CT molecular complexity index is 478. The van der Waals surface area contributed by atoms with Gasteiger partial charge in [-0.15, -0.1) is 0 Å². The molecule has 0 aliphatic rings. The molecule has 0 bridgehead atoms. The normalized spacial score (nSPS) is 12.5. The van der Waals surface area contributed by atoms with E-state index in [1.807, 2.05) is 20.8 Å². The Labute approximate surface area is 121 Å². The van der Waals surface area contributed by atoms with Gasteiger partial charge >= 0.3 is 0 Å². The molecule has 0 aliphatic heterocycles. The molecule has 4 nitrogen and oxygen atoms in total. The van der Waals surface area contributed by atoms with Crippen molar-refractivity contribution in [3.8, 4) is 0 Å². The van der Waals surface area contributed by atoms with Crippen LogP contribution in [0.1, 0.15) is 42.7 Å². The zero-order valence-corrected chi connectivity index (χ0v) is 13.0. The predicted octanol–water partition coefficient (Wildman–Crippen LogP) is 2.36. The van der Waals surface area contributed by atoms with Crippen molar-refractivity contribution in [1.82, 2.24) is 10.3 Å². The summed E-state index contributed by atoms with van der Waals surface area (Å²) >= 11 is 5.91. The van der Waals surface area contributed by atoms with Crippen LogP contribution in [0.15, 0.2) is 12.1 Å². The number of rotatable bonds is 6. The fourth-order valence-electron chi connectivity index (χ4n) is 1.47. The molecule has 0 spiro atoms. The Morgan fingerprint density at radius 3 is 2.74 bits per heavy atom. The van der Waals surface area contributed by atoms with Crippen LogP contribution in [0.4, 0.5) is 0 Å². The minimum absolute atomic E-state index is 0.206. The van der Waals surface area contributed by atoms with Crippen LogP contribution in [0.3, 0.4) is 0 Å². The van der Waals surface area contributed by atoms with Crippen LogP contribution in [0.25, 0.3) is 0 Å². The number of amides is 1. The molecule has 0 radical (unpaired) electrons. The molecule has 1 amide bonds. The molecule has 1 N–H and O–H groups in total. The maximum absolute atomic E-state index is 11.9. The summed E-state index contributed by atoms with van der Waals surface area (Å²) in [6.07, 6.45) is 0. The Morgan fingerprint density at radius 2 is 2.16 bits per heavy atom. The van der Waals surface area contributed by atoms with Gasteiger partial charge in [-0.3, -0.25) is 9.00 Å². The van der Waals surface area contributed by atoms with Crippen molar-refractivity contribution in [1.29, 1.82) is 0 Å². The predicted molar refractivity (Wildman–Crippen MR) is 79.2 cm³/mol. The molecule has 19 heavy (non-hydrogen) atoms. The summed E-state index contributed by atoms with van der Waals surface area (Å²) in [5.41, 5.74) is 1.28. The van der Waals surface area contributed by atoms with Crippen molar-refractivity contribution in [2.45, 2.75) is 26.7 Å². The van der Waals surface area contributed by atoms with Gasteiger partial charge in [0.2, 0.25) is 0 Å². The molecule has 1 heterocycles. The van der Waals surface area contributed by atoms with E-state index in [2.05, 4.69) is 10.3 Å². The Morgan fingerprint density at radius 1 is 1.47 bits per heavy atom. The number of halogens is 1. The number of nitrogens with one attached hydrogen (secondary N) is 1. The maximum atomic E-state index is 11.9. The molecule has 0 saturated heterocycles. The molecule has 0 fully saturated rings. The topological polar surface area (TPSA) is 59.1 Å². The minimum atomic E-state index is -0.869. The van der Waals surface area contributed by atoms with Crippen LogP contribution in [-0.4, -0.2) is 33.2 Å². The molecule has 1 unspecified atom stereocenters. The zero-order valence-electron chi connectivity index (χ0n) is 11.4. The van der Waals surface area contributed by atoms with Gasteiger partial charge in [0.05, 0.1) is 0 Å². The van der Waals surface area contributed by atoms with Crippen LogP contribution in [0.2, 0.25) is 5.15 Å². The summed E-state index contributed by atoms with van der Waals surface area (Å²) in [4.78, 5) is 16.1. The van der Waals surface area contributed by atoms with Gasteiger partial charge in [-0.2, -0.15) is 0 Å². The maximum Gasteiger partial charge on any atom is 0.251 e. The lowest BCUT2D eigenvalue weighted by molar-refractivity contribution is 0.0956. The molecule has 6 heteroatoms. The van der Waals surface area contributed by atoms with Crippen molar-refractivity contribution in [3.05, 3.63) is 28.5 Å². The average molecular weight is 303 g/mol. The van der Waals surface area contributed by atoms with Gasteiger partial charge in [-0.1, -0.05) is 32.4 Å². The van der Waals surface area contributed by atoms with Crippen molar-refractivity contribution < 1.29 is 9.00 Å². The number of hydrogen-bond donors (Lipinski definition) is 1. The molecule has 1 aromatic rings. The fraction of sp³-hybridized carbons (Fsp3) is 0.538. The lowest BCUT2D eigenvalue weighted by Crippen LogP contribution is -2.28. The second-order valence-corrected chi connectivity index (χ2v) is 6.70. The number of carbonyl (C=O) groups excluding carboxylic acids is 1. The highest BCUT2D eigenvalue weighted by molar-refractivity contribution is 7.84. The van der Waals surface area contributed by atoms with E-state index in [-0.39, 0.29) is 11.8 Å². The quantitative estimate of drug-likeness (QED) is 0.821. The molecule has 1 aromatic heterocycles. The summed E-state index contributed by atoms with van der Waals surface area (Å²) in [6.45, 7) is 6.24. The summed E-state index contributed by atoms with van der Waals surface area (Å²) in [5, 5.41) is 3.05. The zero-order chi connectivity index (χ0) is 14.4. The summed E-state index contributed by atoms with van der Waals surface area (Å²) in [7, 11) is -0.869. The largest absolute Gasteiger partial charge is 0.351 e. The van der Waals surface area contributed by atoms with Gasteiger partial charge in [0, 0.05) is 40.1 Å². The standard InChI is InChI=1S/C13H19ClN2O2S/c1-4-19(18)6-5-15-13(17)10-7-11(9(2)3)16-12(14)8-10/h7-9H,4-6H2,1-3H3,(H,15,17). The minimum Gasteiger partial charge on any atom is -0.351 e. The third kappa shape index (κ3) is 5.28. The molecule has 1 atom stereocenters. The Kier molecular flexibility index (Phi) is 6.45. The van der Waals surface area contributed by atoms with E-state index >= 15 is 0 Å². The Hall–Kier alpha value is -0.940. The highest BCUT2D eigenvalue weighted by atomic mass is 35.5. The van der Waals surface area contributed by atoms with Gasteiger partial charge in [-0.05, 0) is 18.1 Å². The van der Waals surface area contributed by atoms with Crippen LogP contribution in [-0.2, 0) is 10.8 Å². The number of carbonyl (C=O) groups is 1. The Balaban J connectivity index is 2.69. The van der Waals surface area contributed by atoms with Crippen molar-refractivity contribution >= 4 is 28.3 Å². The highest BCUT2D eigenvalue weighted by Crippen LogP contribution is 2.17. The van der Waals surface area contributed by atoms with E-state index in [9.17, 15) is 9.00 Å². The van der Waals surface area contributed by atoms with E-state index in [1.165, 1.54) is 0 Å². The van der Waals surface area contributed by atoms with Crippen LogP contribution in [0.5, 0.6) is 0 Å². The van der Waals surface area contributed by atoms with Gasteiger partial charge < -0.3 is 5.32 Å². The van der Waals surface area contributed by atoms with E-state index in [4.69, 9.17) is 11.6 Å². The van der Waals surface area contributed by atoms with Crippen LogP contribution in [0, 0.1) is 0 Å². The first kappa shape index (κ1) is 16.1. The second kappa shape index (κ2) is 7.60. The molecule has 1 rings (SSSR count). The van der Waals surface area contributed by atoms with Gasteiger partial charge in [0.15, 0.2) is 0 Å². The van der Waals surface area contributed by atoms with Crippen LogP contribution >= 0.6 is 11.6 Å². The monoisotopic (exact) mass is 302 g/mol. The first-order valence-corrected chi connectivity index (χ1v) is 8.11. The van der Waals surface area contributed by atoms with Crippen molar-refractivity contribution in [2.24, 2.45) is 0 Å². The smallest absolute Gasteiger partial charge is 0.251 e. The van der Waals surface area contributed by atoms with Gasteiger partial charge in [0.1, 0.15) is 5.15 Å². The summed E-state index contributed by atoms with van der Waals surface area (Å²) < 4.78 is 11.3. The number of pyridine rings is 1. The SMILES string of the molecule is CCS(=O)CCNC(=O)c1cc(Cl)nc(C(C)C)c1. The molecule has 0 saturated carbocycles. The molecular formula is C13H19ClN2O2S. The van der Waals surface area contributed by atoms with E-state index in [1.54, 1.807) is 12.1 Å². The molecular weight excluding hydrogens is 284 g/mol.